The van der Waals surface area contributed by atoms with Gasteiger partial charge in [-0.2, -0.15) is 0 Å². The second kappa shape index (κ2) is 5.86. The zero-order valence-corrected chi connectivity index (χ0v) is 12.3. The first kappa shape index (κ1) is 13.5. The Hall–Kier alpha value is -1.51. The van der Waals surface area contributed by atoms with Crippen molar-refractivity contribution in [2.45, 2.75) is 18.9 Å². The molecule has 104 valence electrons. The third-order valence-electron chi connectivity index (χ3n) is 3.77. The van der Waals surface area contributed by atoms with Crippen LogP contribution in [0.15, 0.2) is 42.5 Å². The molecule has 0 saturated heterocycles. The molecule has 3 rings (SSSR count). The normalized spacial score (nSPS) is 15.3. The molecule has 2 nitrogen and oxygen atoms in total. The minimum absolute atomic E-state index is 0.107. The van der Waals surface area contributed by atoms with E-state index in [4.69, 9.17) is 16.3 Å². The molecule has 1 unspecified atom stereocenters. The van der Waals surface area contributed by atoms with Gasteiger partial charge in [0.25, 0.3) is 0 Å². The second-order valence-corrected chi connectivity index (χ2v) is 5.47. The van der Waals surface area contributed by atoms with Gasteiger partial charge in [-0.15, -0.1) is 0 Å². The first-order valence-corrected chi connectivity index (χ1v) is 7.34. The van der Waals surface area contributed by atoms with E-state index < -0.39 is 0 Å². The number of benzene rings is 2. The van der Waals surface area contributed by atoms with Gasteiger partial charge in [-0.25, -0.2) is 0 Å². The van der Waals surface area contributed by atoms with E-state index in [1.807, 2.05) is 25.2 Å². The predicted molar refractivity (Wildman–Crippen MR) is 82.6 cm³/mol. The minimum atomic E-state index is 0.107. The van der Waals surface area contributed by atoms with Crippen LogP contribution in [0.1, 0.15) is 29.2 Å². The number of fused-ring (bicyclic) bond motifs is 1. The zero-order valence-electron chi connectivity index (χ0n) is 11.5. The topological polar surface area (TPSA) is 21.3 Å². The van der Waals surface area contributed by atoms with Crippen molar-refractivity contribution >= 4 is 11.6 Å². The highest BCUT2D eigenvalue weighted by Crippen LogP contribution is 2.32. The van der Waals surface area contributed by atoms with Crippen molar-refractivity contribution in [3.63, 3.8) is 0 Å². The summed E-state index contributed by atoms with van der Waals surface area (Å²) in [4.78, 5) is 0. The molecule has 20 heavy (non-hydrogen) atoms. The molecule has 0 aromatic heterocycles. The summed E-state index contributed by atoms with van der Waals surface area (Å²) in [6.07, 6.45) is 2.18. The number of rotatable bonds is 3. The van der Waals surface area contributed by atoms with Gasteiger partial charge in [-0.05, 0) is 48.7 Å². The van der Waals surface area contributed by atoms with E-state index in [-0.39, 0.29) is 6.04 Å². The van der Waals surface area contributed by atoms with Gasteiger partial charge < -0.3 is 10.1 Å². The summed E-state index contributed by atoms with van der Waals surface area (Å²) in [7, 11) is 1.96. The molecule has 0 bridgehead atoms. The molecular formula is C17H18ClNO. The molecule has 1 N–H and O–H groups in total. The first-order chi connectivity index (χ1) is 9.79. The molecule has 1 heterocycles. The maximum absolute atomic E-state index is 6.33. The highest BCUT2D eigenvalue weighted by Gasteiger charge is 2.18. The molecule has 0 aliphatic carbocycles. The molecule has 0 saturated carbocycles. The van der Waals surface area contributed by atoms with Gasteiger partial charge >= 0.3 is 0 Å². The summed E-state index contributed by atoms with van der Waals surface area (Å²) in [5.41, 5.74) is 3.62. The van der Waals surface area contributed by atoms with Crippen molar-refractivity contribution in [1.82, 2.24) is 5.32 Å². The quantitative estimate of drug-likeness (QED) is 0.922. The average molecular weight is 288 g/mol. The lowest BCUT2D eigenvalue weighted by Gasteiger charge is -2.22. The molecule has 1 aliphatic rings. The Kier molecular flexibility index (Phi) is 3.95. The SMILES string of the molecule is CNC(c1ccc2c(c1)CCCO2)c1ccccc1Cl. The Balaban J connectivity index is 1.99. The first-order valence-electron chi connectivity index (χ1n) is 6.97. The van der Waals surface area contributed by atoms with Gasteiger partial charge in [-0.1, -0.05) is 41.9 Å². The third kappa shape index (κ3) is 2.54. The summed E-state index contributed by atoms with van der Waals surface area (Å²) in [6.45, 7) is 0.826. The number of hydrogen-bond acceptors (Lipinski definition) is 2. The number of nitrogens with one attached hydrogen (secondary N) is 1. The zero-order chi connectivity index (χ0) is 13.9. The fourth-order valence-electron chi connectivity index (χ4n) is 2.77. The van der Waals surface area contributed by atoms with Crippen LogP contribution in [0.25, 0.3) is 0 Å². The van der Waals surface area contributed by atoms with E-state index >= 15 is 0 Å². The minimum Gasteiger partial charge on any atom is -0.493 e. The van der Waals surface area contributed by atoms with Crippen molar-refractivity contribution in [2.75, 3.05) is 13.7 Å². The summed E-state index contributed by atoms with van der Waals surface area (Å²) in [5.74, 6) is 1.02. The van der Waals surface area contributed by atoms with Crippen LogP contribution in [-0.4, -0.2) is 13.7 Å². The van der Waals surface area contributed by atoms with E-state index in [1.54, 1.807) is 0 Å². The van der Waals surface area contributed by atoms with E-state index in [0.29, 0.717) is 0 Å². The third-order valence-corrected chi connectivity index (χ3v) is 4.12. The van der Waals surface area contributed by atoms with Gasteiger partial charge in [0.1, 0.15) is 5.75 Å². The summed E-state index contributed by atoms with van der Waals surface area (Å²) >= 11 is 6.33. The van der Waals surface area contributed by atoms with Gasteiger partial charge in [0, 0.05) is 5.02 Å². The van der Waals surface area contributed by atoms with E-state index in [9.17, 15) is 0 Å². The van der Waals surface area contributed by atoms with Gasteiger partial charge in [0.05, 0.1) is 12.6 Å². The Morgan fingerprint density at radius 3 is 2.85 bits per heavy atom. The fraction of sp³-hybridized carbons (Fsp3) is 0.294. The van der Waals surface area contributed by atoms with Crippen LogP contribution in [0.4, 0.5) is 0 Å². The smallest absolute Gasteiger partial charge is 0.122 e. The van der Waals surface area contributed by atoms with Crippen molar-refractivity contribution in [3.8, 4) is 5.75 Å². The standard InChI is InChI=1S/C17H18ClNO/c1-19-17(14-6-2-3-7-15(14)18)13-8-9-16-12(11-13)5-4-10-20-16/h2-3,6-9,11,17,19H,4-5,10H2,1H3. The Labute approximate surface area is 124 Å². The molecule has 3 heteroatoms. The molecule has 1 aliphatic heterocycles. The van der Waals surface area contributed by atoms with Gasteiger partial charge in [0.15, 0.2) is 0 Å². The highest BCUT2D eigenvalue weighted by molar-refractivity contribution is 6.31. The van der Waals surface area contributed by atoms with Crippen LogP contribution in [0.5, 0.6) is 5.75 Å². The van der Waals surface area contributed by atoms with Crippen LogP contribution < -0.4 is 10.1 Å². The lowest BCUT2D eigenvalue weighted by atomic mass is 9.95. The lowest BCUT2D eigenvalue weighted by Crippen LogP contribution is -2.19. The molecule has 2 aromatic carbocycles. The Morgan fingerprint density at radius 2 is 2.05 bits per heavy atom. The maximum atomic E-state index is 6.33. The molecule has 0 radical (unpaired) electrons. The monoisotopic (exact) mass is 287 g/mol. The number of ether oxygens (including phenoxy) is 1. The molecule has 0 amide bonds. The van der Waals surface area contributed by atoms with Crippen LogP contribution in [0.2, 0.25) is 5.02 Å². The fourth-order valence-corrected chi connectivity index (χ4v) is 3.02. The highest BCUT2D eigenvalue weighted by atomic mass is 35.5. The van der Waals surface area contributed by atoms with Crippen LogP contribution in [0.3, 0.4) is 0 Å². The lowest BCUT2D eigenvalue weighted by molar-refractivity contribution is 0.288. The van der Waals surface area contributed by atoms with E-state index in [0.717, 1.165) is 35.8 Å². The molecule has 1 atom stereocenters. The molecule has 2 aromatic rings. The van der Waals surface area contributed by atoms with E-state index in [2.05, 4.69) is 29.6 Å². The Bertz CT molecular complexity index is 612. The van der Waals surface area contributed by atoms with E-state index in [1.165, 1.54) is 11.1 Å². The van der Waals surface area contributed by atoms with Crippen LogP contribution in [-0.2, 0) is 6.42 Å². The van der Waals surface area contributed by atoms with Crippen LogP contribution in [0, 0.1) is 0 Å². The summed E-state index contributed by atoms with van der Waals surface area (Å²) in [5, 5.41) is 4.15. The maximum Gasteiger partial charge on any atom is 0.122 e. The molecule has 0 fully saturated rings. The Morgan fingerprint density at radius 1 is 1.20 bits per heavy atom. The number of halogens is 1. The van der Waals surface area contributed by atoms with Crippen molar-refractivity contribution < 1.29 is 4.74 Å². The molecule has 0 spiro atoms. The predicted octanol–water partition coefficient (Wildman–Crippen LogP) is 3.97. The number of aryl methyl sites for hydroxylation is 1. The van der Waals surface area contributed by atoms with Crippen LogP contribution >= 0.6 is 11.6 Å². The number of hydrogen-bond donors (Lipinski definition) is 1. The van der Waals surface area contributed by atoms with Gasteiger partial charge in [0.2, 0.25) is 0 Å². The van der Waals surface area contributed by atoms with Crippen molar-refractivity contribution in [2.24, 2.45) is 0 Å². The summed E-state index contributed by atoms with van der Waals surface area (Å²) in [6, 6.07) is 14.5. The second-order valence-electron chi connectivity index (χ2n) is 5.06. The van der Waals surface area contributed by atoms with Crippen molar-refractivity contribution in [1.29, 1.82) is 0 Å². The van der Waals surface area contributed by atoms with Gasteiger partial charge in [-0.3, -0.25) is 0 Å². The average Bonchev–Trinajstić information content (AvgIpc) is 2.50. The largest absolute Gasteiger partial charge is 0.493 e. The summed E-state index contributed by atoms with van der Waals surface area (Å²) < 4.78 is 5.67. The molecular weight excluding hydrogens is 270 g/mol. The van der Waals surface area contributed by atoms with Crippen molar-refractivity contribution in [3.05, 3.63) is 64.2 Å².